The summed E-state index contributed by atoms with van der Waals surface area (Å²) >= 11 is 0. The topological polar surface area (TPSA) is 25.7 Å². The Hall–Kier alpha value is -0.760. The van der Waals surface area contributed by atoms with E-state index in [4.69, 9.17) is 9.15 Å². The van der Waals surface area contributed by atoms with Gasteiger partial charge in [0.2, 0.25) is 0 Å². The van der Waals surface area contributed by atoms with Crippen LogP contribution in [0.3, 0.4) is 0 Å². The molecule has 0 bridgehead atoms. The number of ether oxygens (including phenoxy) is 1. The van der Waals surface area contributed by atoms with E-state index in [-0.39, 0.29) is 5.60 Å². The Balaban J connectivity index is 2.04. The first-order valence-corrected chi connectivity index (χ1v) is 3.45. The van der Waals surface area contributed by atoms with Crippen molar-refractivity contribution in [1.82, 2.24) is 0 Å². The second-order valence-electron chi connectivity index (χ2n) is 2.99. The van der Waals surface area contributed by atoms with Crippen LogP contribution in [0.1, 0.15) is 12.7 Å². The first kappa shape index (κ1) is 5.98. The van der Waals surface area contributed by atoms with Crippen LogP contribution in [0, 0.1) is 0 Å². The monoisotopic (exact) mass is 138 g/mol. The van der Waals surface area contributed by atoms with Gasteiger partial charge in [-0.3, -0.25) is 0 Å². The molecule has 54 valence electrons. The maximum absolute atomic E-state index is 5.21. The van der Waals surface area contributed by atoms with Gasteiger partial charge in [-0.2, -0.15) is 0 Å². The summed E-state index contributed by atoms with van der Waals surface area (Å²) in [5.41, 5.74) is 0.0812. The van der Waals surface area contributed by atoms with Gasteiger partial charge in [-0.25, -0.2) is 0 Å². The van der Waals surface area contributed by atoms with E-state index in [9.17, 15) is 0 Å². The molecule has 1 aliphatic heterocycles. The summed E-state index contributed by atoms with van der Waals surface area (Å²) in [7, 11) is 0. The normalized spacial score (nSPS) is 30.5. The van der Waals surface area contributed by atoms with E-state index < -0.39 is 0 Å². The third-order valence-corrected chi connectivity index (χ3v) is 1.77. The molecule has 1 aromatic rings. The molecule has 0 radical (unpaired) electrons. The van der Waals surface area contributed by atoms with E-state index in [2.05, 4.69) is 6.92 Å². The molecule has 1 saturated heterocycles. The van der Waals surface area contributed by atoms with E-state index in [1.807, 2.05) is 12.1 Å². The van der Waals surface area contributed by atoms with Gasteiger partial charge < -0.3 is 9.15 Å². The van der Waals surface area contributed by atoms with Crippen molar-refractivity contribution in [2.45, 2.75) is 18.9 Å². The van der Waals surface area contributed by atoms with Crippen molar-refractivity contribution >= 4 is 0 Å². The van der Waals surface area contributed by atoms with Crippen LogP contribution in [0.5, 0.6) is 0 Å². The van der Waals surface area contributed by atoms with Gasteiger partial charge in [-0.15, -0.1) is 0 Å². The van der Waals surface area contributed by atoms with Gasteiger partial charge in [0.15, 0.2) is 0 Å². The summed E-state index contributed by atoms with van der Waals surface area (Å²) < 4.78 is 10.4. The van der Waals surface area contributed by atoms with Crippen LogP contribution in [0.25, 0.3) is 0 Å². The van der Waals surface area contributed by atoms with E-state index >= 15 is 0 Å². The van der Waals surface area contributed by atoms with Crippen LogP contribution >= 0.6 is 0 Å². The van der Waals surface area contributed by atoms with Gasteiger partial charge in [-0.1, -0.05) is 0 Å². The molecule has 0 N–H and O–H groups in total. The van der Waals surface area contributed by atoms with Crippen molar-refractivity contribution < 1.29 is 9.15 Å². The third-order valence-electron chi connectivity index (χ3n) is 1.77. The number of furan rings is 1. The van der Waals surface area contributed by atoms with E-state index in [0.29, 0.717) is 0 Å². The molecule has 1 atom stereocenters. The minimum Gasteiger partial charge on any atom is -0.469 e. The van der Waals surface area contributed by atoms with Crippen molar-refractivity contribution in [2.75, 3.05) is 6.61 Å². The lowest BCUT2D eigenvalue weighted by molar-refractivity contribution is 0.307. The predicted molar refractivity (Wildman–Crippen MR) is 36.8 cm³/mol. The van der Waals surface area contributed by atoms with Gasteiger partial charge in [-0.05, 0) is 19.1 Å². The minimum absolute atomic E-state index is 0.0812. The summed E-state index contributed by atoms with van der Waals surface area (Å²) in [6.45, 7) is 2.96. The summed E-state index contributed by atoms with van der Waals surface area (Å²) in [5.74, 6) is 1.01. The van der Waals surface area contributed by atoms with Crippen molar-refractivity contribution in [1.29, 1.82) is 0 Å². The lowest BCUT2D eigenvalue weighted by Gasteiger charge is -1.98. The van der Waals surface area contributed by atoms with E-state index in [1.165, 1.54) is 0 Å². The zero-order valence-corrected chi connectivity index (χ0v) is 5.96. The molecule has 10 heavy (non-hydrogen) atoms. The highest BCUT2D eigenvalue weighted by molar-refractivity contribution is 5.05. The van der Waals surface area contributed by atoms with E-state index in [1.54, 1.807) is 6.26 Å². The van der Waals surface area contributed by atoms with Crippen LogP contribution in [-0.2, 0) is 11.2 Å². The first-order chi connectivity index (χ1) is 4.79. The molecule has 1 fully saturated rings. The number of rotatable bonds is 2. The largest absolute Gasteiger partial charge is 0.469 e. The molecule has 0 aromatic carbocycles. The molecule has 0 aliphatic carbocycles. The molecule has 2 nitrogen and oxygen atoms in total. The van der Waals surface area contributed by atoms with Gasteiger partial charge in [0.1, 0.15) is 5.76 Å². The molecule has 1 aliphatic rings. The predicted octanol–water partition coefficient (Wildman–Crippen LogP) is 1.61. The molecule has 1 unspecified atom stereocenters. The first-order valence-electron chi connectivity index (χ1n) is 3.45. The molecule has 0 saturated carbocycles. The average molecular weight is 138 g/mol. The van der Waals surface area contributed by atoms with Crippen LogP contribution in [0.15, 0.2) is 22.8 Å². The average Bonchev–Trinajstić information content (AvgIpc) is 2.47. The van der Waals surface area contributed by atoms with Crippen LogP contribution < -0.4 is 0 Å². The zero-order chi connectivity index (χ0) is 7.03. The lowest BCUT2D eigenvalue weighted by atomic mass is 10.1. The van der Waals surface area contributed by atoms with Gasteiger partial charge in [0, 0.05) is 6.42 Å². The molecule has 2 heterocycles. The maximum Gasteiger partial charge on any atom is 0.106 e. The SMILES string of the molecule is CC1(Cc2ccco2)CO1. The van der Waals surface area contributed by atoms with Crippen LogP contribution in [-0.4, -0.2) is 12.2 Å². The second-order valence-corrected chi connectivity index (χ2v) is 2.99. The summed E-state index contributed by atoms with van der Waals surface area (Å²) in [6.07, 6.45) is 2.60. The maximum atomic E-state index is 5.21. The second kappa shape index (κ2) is 1.86. The van der Waals surface area contributed by atoms with Crippen molar-refractivity contribution in [3.63, 3.8) is 0 Å². The quantitative estimate of drug-likeness (QED) is 0.580. The standard InChI is InChI=1S/C8H10O2/c1-8(6-10-8)5-7-3-2-4-9-7/h2-4H,5-6H2,1H3. The highest BCUT2D eigenvalue weighted by atomic mass is 16.6. The molecule has 0 amide bonds. The van der Waals surface area contributed by atoms with Crippen LogP contribution in [0.4, 0.5) is 0 Å². The molecule has 1 aromatic heterocycles. The fourth-order valence-electron chi connectivity index (χ4n) is 1.01. The highest BCUT2D eigenvalue weighted by Crippen LogP contribution is 2.30. The van der Waals surface area contributed by atoms with Gasteiger partial charge in [0.05, 0.1) is 18.5 Å². The smallest absolute Gasteiger partial charge is 0.106 e. The minimum atomic E-state index is 0.0812. The van der Waals surface area contributed by atoms with Crippen molar-refractivity contribution in [2.24, 2.45) is 0 Å². The Bertz CT molecular complexity index is 209. The Morgan fingerprint density at radius 2 is 2.50 bits per heavy atom. The Morgan fingerprint density at radius 3 is 3.00 bits per heavy atom. The Morgan fingerprint density at radius 1 is 1.70 bits per heavy atom. The third kappa shape index (κ3) is 1.07. The van der Waals surface area contributed by atoms with Crippen LogP contribution in [0.2, 0.25) is 0 Å². The van der Waals surface area contributed by atoms with Gasteiger partial charge in [0.25, 0.3) is 0 Å². The molecule has 2 heteroatoms. The molecule has 0 spiro atoms. The molecule has 2 rings (SSSR count). The lowest BCUT2D eigenvalue weighted by Crippen LogP contribution is -2.07. The van der Waals surface area contributed by atoms with Gasteiger partial charge >= 0.3 is 0 Å². The molecular weight excluding hydrogens is 128 g/mol. The Labute approximate surface area is 59.8 Å². The summed E-state index contributed by atoms with van der Waals surface area (Å²) in [4.78, 5) is 0. The zero-order valence-electron chi connectivity index (χ0n) is 5.96. The summed E-state index contributed by atoms with van der Waals surface area (Å²) in [6, 6.07) is 3.88. The number of hydrogen-bond acceptors (Lipinski definition) is 2. The highest BCUT2D eigenvalue weighted by Gasteiger charge is 2.39. The fraction of sp³-hybridized carbons (Fsp3) is 0.500. The fourth-order valence-corrected chi connectivity index (χ4v) is 1.01. The van der Waals surface area contributed by atoms with E-state index in [0.717, 1.165) is 18.8 Å². The Kier molecular flexibility index (Phi) is 1.11. The van der Waals surface area contributed by atoms with Crippen molar-refractivity contribution in [3.05, 3.63) is 24.2 Å². The summed E-state index contributed by atoms with van der Waals surface area (Å²) in [5, 5.41) is 0. The van der Waals surface area contributed by atoms with Crippen molar-refractivity contribution in [3.8, 4) is 0 Å². The molecular formula is C8H10O2. The number of epoxide rings is 1. The number of hydrogen-bond donors (Lipinski definition) is 0.